The Morgan fingerprint density at radius 3 is 1.19 bits per heavy atom. The Morgan fingerprint density at radius 2 is 1.06 bits per heavy atom. The van der Waals surface area contributed by atoms with E-state index in [9.17, 15) is 4.79 Å². The second-order valence-electron chi connectivity index (χ2n) is 5.20. The molecule has 0 aliphatic rings. The van der Waals surface area contributed by atoms with Crippen molar-refractivity contribution in [2.45, 2.75) is 59.7 Å². The highest BCUT2D eigenvalue weighted by Crippen LogP contribution is 2.13. The van der Waals surface area contributed by atoms with E-state index >= 15 is 0 Å². The molecule has 5 heteroatoms. The topological polar surface area (TPSA) is 72.8 Å². The predicted octanol–water partition coefficient (Wildman–Crippen LogP) is 2.83. The van der Waals surface area contributed by atoms with E-state index in [2.05, 4.69) is 0 Å². The monoisotopic (exact) mass is 234 g/mol. The van der Waals surface area contributed by atoms with Crippen LogP contribution in [0.2, 0.25) is 0 Å². The van der Waals surface area contributed by atoms with Crippen molar-refractivity contribution >= 4 is 12.1 Å². The summed E-state index contributed by atoms with van der Waals surface area (Å²) in [5, 5.41) is 7.42. The molecule has 0 aliphatic carbocycles. The Kier molecular flexibility index (Phi) is 6.80. The van der Waals surface area contributed by atoms with Crippen LogP contribution in [0.1, 0.15) is 48.5 Å². The lowest BCUT2D eigenvalue weighted by Gasteiger charge is -2.24. The van der Waals surface area contributed by atoms with Crippen LogP contribution in [0.5, 0.6) is 0 Å². The SMILES string of the molecule is CC(=O)O.CC(C)(C)OC(=O)OC(C)(C)C. The van der Waals surface area contributed by atoms with Crippen molar-refractivity contribution in [2.75, 3.05) is 0 Å². The summed E-state index contributed by atoms with van der Waals surface area (Å²) in [7, 11) is 0. The maximum Gasteiger partial charge on any atom is 0.509 e. The average Bonchev–Trinajstić information content (AvgIpc) is 1.72. The number of carbonyl (C=O) groups excluding carboxylic acids is 1. The molecule has 0 spiro atoms. The molecule has 5 nitrogen and oxygen atoms in total. The fraction of sp³-hybridized carbons (Fsp3) is 0.818. The average molecular weight is 234 g/mol. The van der Waals surface area contributed by atoms with Crippen LogP contribution in [0, 0.1) is 0 Å². The highest BCUT2D eigenvalue weighted by atomic mass is 16.7. The van der Waals surface area contributed by atoms with Gasteiger partial charge in [0.1, 0.15) is 11.2 Å². The molecule has 0 radical (unpaired) electrons. The van der Waals surface area contributed by atoms with Crippen molar-refractivity contribution in [3.8, 4) is 0 Å². The van der Waals surface area contributed by atoms with Gasteiger partial charge in [0.2, 0.25) is 0 Å². The lowest BCUT2D eigenvalue weighted by molar-refractivity contribution is -0.134. The zero-order valence-corrected chi connectivity index (χ0v) is 11.1. The van der Waals surface area contributed by atoms with Crippen molar-refractivity contribution < 1.29 is 24.2 Å². The van der Waals surface area contributed by atoms with E-state index in [0.29, 0.717) is 0 Å². The quantitative estimate of drug-likeness (QED) is 0.652. The van der Waals surface area contributed by atoms with Gasteiger partial charge in [-0.1, -0.05) is 0 Å². The van der Waals surface area contributed by atoms with Gasteiger partial charge in [-0.3, -0.25) is 4.79 Å². The first kappa shape index (κ1) is 17.1. The minimum atomic E-state index is -0.833. The highest BCUT2D eigenvalue weighted by Gasteiger charge is 2.22. The first-order valence-corrected chi connectivity index (χ1v) is 4.95. The van der Waals surface area contributed by atoms with E-state index < -0.39 is 23.3 Å². The predicted molar refractivity (Wildman–Crippen MR) is 60.4 cm³/mol. The Labute approximate surface area is 96.7 Å². The summed E-state index contributed by atoms with van der Waals surface area (Å²) in [5.74, 6) is -0.833. The van der Waals surface area contributed by atoms with Crippen molar-refractivity contribution in [3.05, 3.63) is 0 Å². The van der Waals surface area contributed by atoms with Crippen LogP contribution in [0.25, 0.3) is 0 Å². The number of carboxylic acid groups (broad SMARTS) is 1. The fourth-order valence-corrected chi connectivity index (χ4v) is 0.521. The molecule has 0 aromatic heterocycles. The summed E-state index contributed by atoms with van der Waals surface area (Å²) < 4.78 is 9.91. The van der Waals surface area contributed by atoms with Crippen LogP contribution in [-0.2, 0) is 14.3 Å². The third-order valence-corrected chi connectivity index (χ3v) is 0.779. The Morgan fingerprint density at radius 1 is 0.875 bits per heavy atom. The molecule has 96 valence electrons. The zero-order chi connectivity index (χ0) is 13.6. The Balaban J connectivity index is 0. The largest absolute Gasteiger partial charge is 0.509 e. The molecule has 0 aromatic rings. The van der Waals surface area contributed by atoms with Gasteiger partial charge in [0.05, 0.1) is 0 Å². The molecule has 0 unspecified atom stereocenters. The molecule has 0 amide bonds. The molecular formula is C11H22O5. The van der Waals surface area contributed by atoms with Crippen LogP contribution < -0.4 is 0 Å². The molecule has 0 saturated heterocycles. The smallest absolute Gasteiger partial charge is 0.481 e. The van der Waals surface area contributed by atoms with Crippen LogP contribution in [-0.4, -0.2) is 28.4 Å². The second-order valence-corrected chi connectivity index (χ2v) is 5.20. The van der Waals surface area contributed by atoms with Crippen LogP contribution in [0.4, 0.5) is 4.79 Å². The summed E-state index contributed by atoms with van der Waals surface area (Å²) >= 11 is 0. The van der Waals surface area contributed by atoms with Crippen molar-refractivity contribution in [2.24, 2.45) is 0 Å². The van der Waals surface area contributed by atoms with E-state index in [-0.39, 0.29) is 0 Å². The van der Waals surface area contributed by atoms with Crippen LogP contribution in [0.3, 0.4) is 0 Å². The summed E-state index contributed by atoms with van der Waals surface area (Å²) in [6, 6.07) is 0. The van der Waals surface area contributed by atoms with E-state index in [4.69, 9.17) is 19.4 Å². The van der Waals surface area contributed by atoms with Gasteiger partial charge in [-0.25, -0.2) is 4.79 Å². The summed E-state index contributed by atoms with van der Waals surface area (Å²) in [6.07, 6.45) is -0.616. The summed E-state index contributed by atoms with van der Waals surface area (Å²) in [4.78, 5) is 20.0. The van der Waals surface area contributed by atoms with E-state index in [0.717, 1.165) is 6.92 Å². The number of rotatable bonds is 0. The Hall–Kier alpha value is -1.26. The lowest BCUT2D eigenvalue weighted by Crippen LogP contribution is -2.30. The molecule has 0 heterocycles. The molecule has 0 aliphatic heterocycles. The maximum absolute atomic E-state index is 11.0. The van der Waals surface area contributed by atoms with Crippen molar-refractivity contribution in [1.29, 1.82) is 0 Å². The first-order chi connectivity index (χ1) is 6.83. The van der Waals surface area contributed by atoms with Gasteiger partial charge in [0, 0.05) is 6.92 Å². The normalized spacial score (nSPS) is 10.9. The molecule has 0 atom stereocenters. The number of carbonyl (C=O) groups is 2. The summed E-state index contributed by atoms with van der Waals surface area (Å²) in [6.45, 7) is 11.9. The van der Waals surface area contributed by atoms with Gasteiger partial charge in [-0.05, 0) is 41.5 Å². The minimum absolute atomic E-state index is 0.484. The van der Waals surface area contributed by atoms with E-state index in [1.807, 2.05) is 0 Å². The standard InChI is InChI=1S/C9H18O3.C2H4O2/c1-8(2,3)11-7(10)12-9(4,5)6;1-2(3)4/h1-6H3;1H3,(H,3,4). The van der Waals surface area contributed by atoms with Crippen molar-refractivity contribution in [1.82, 2.24) is 0 Å². The van der Waals surface area contributed by atoms with Crippen molar-refractivity contribution in [3.63, 3.8) is 0 Å². The second kappa shape index (κ2) is 6.35. The van der Waals surface area contributed by atoms with Crippen LogP contribution >= 0.6 is 0 Å². The molecule has 16 heavy (non-hydrogen) atoms. The number of ether oxygens (including phenoxy) is 2. The van der Waals surface area contributed by atoms with Gasteiger partial charge in [0.15, 0.2) is 0 Å². The zero-order valence-electron chi connectivity index (χ0n) is 11.1. The molecule has 0 fully saturated rings. The van der Waals surface area contributed by atoms with E-state index in [1.165, 1.54) is 0 Å². The molecule has 1 N–H and O–H groups in total. The fourth-order valence-electron chi connectivity index (χ4n) is 0.521. The number of hydrogen-bond donors (Lipinski definition) is 1. The van der Waals surface area contributed by atoms with Gasteiger partial charge in [-0.2, -0.15) is 0 Å². The van der Waals surface area contributed by atoms with Crippen LogP contribution in [0.15, 0.2) is 0 Å². The third kappa shape index (κ3) is 23.0. The molecule has 0 rings (SSSR count). The first-order valence-electron chi connectivity index (χ1n) is 4.95. The lowest BCUT2D eigenvalue weighted by atomic mass is 10.2. The molecular weight excluding hydrogens is 212 g/mol. The maximum atomic E-state index is 11.0. The number of carboxylic acids is 1. The molecule has 0 saturated carbocycles. The third-order valence-electron chi connectivity index (χ3n) is 0.779. The molecule has 0 aromatic carbocycles. The van der Waals surface area contributed by atoms with Gasteiger partial charge in [-0.15, -0.1) is 0 Å². The minimum Gasteiger partial charge on any atom is -0.481 e. The molecule has 0 bridgehead atoms. The summed E-state index contributed by atoms with van der Waals surface area (Å²) in [5.41, 5.74) is -0.968. The number of aliphatic carboxylic acids is 1. The van der Waals surface area contributed by atoms with E-state index in [1.54, 1.807) is 41.5 Å². The van der Waals surface area contributed by atoms with Gasteiger partial charge in [0.25, 0.3) is 5.97 Å². The number of hydrogen-bond acceptors (Lipinski definition) is 4. The highest BCUT2D eigenvalue weighted by molar-refractivity contribution is 5.63. The van der Waals surface area contributed by atoms with Gasteiger partial charge < -0.3 is 14.6 Å². The van der Waals surface area contributed by atoms with Gasteiger partial charge >= 0.3 is 6.16 Å². The Bertz CT molecular complexity index is 210.